The van der Waals surface area contributed by atoms with Crippen LogP contribution in [0.1, 0.15) is 5.56 Å². The fourth-order valence-corrected chi connectivity index (χ4v) is 2.34. The van der Waals surface area contributed by atoms with E-state index in [-0.39, 0.29) is 30.1 Å². The van der Waals surface area contributed by atoms with E-state index in [4.69, 9.17) is 58.7 Å². The molecule has 9 nitrogen and oxygen atoms in total. The Hall–Kier alpha value is -2.49. The van der Waals surface area contributed by atoms with E-state index >= 15 is 0 Å². The summed E-state index contributed by atoms with van der Waals surface area (Å²) in [4.78, 5) is 18.2. The Bertz CT molecular complexity index is 905. The van der Waals surface area contributed by atoms with Crippen LogP contribution >= 0.6 is 34.8 Å². The molecule has 1 aromatic carbocycles. The van der Waals surface area contributed by atoms with Gasteiger partial charge in [0.1, 0.15) is 26.1 Å². The number of hydrogen-bond acceptors (Lipinski definition) is 9. The molecule has 3 rings (SSSR count). The molecule has 2 aromatic rings. The van der Waals surface area contributed by atoms with Gasteiger partial charge in [0.15, 0.2) is 12.3 Å². The van der Waals surface area contributed by atoms with E-state index in [2.05, 4.69) is 20.3 Å². The summed E-state index contributed by atoms with van der Waals surface area (Å²) in [6.07, 6.45) is 1.45. The Morgan fingerprint density at radius 2 is 2.03 bits per heavy atom. The minimum absolute atomic E-state index is 0.0128. The van der Waals surface area contributed by atoms with Gasteiger partial charge in [-0.2, -0.15) is 4.98 Å². The van der Waals surface area contributed by atoms with Crippen molar-refractivity contribution in [2.45, 2.75) is 3.79 Å². The van der Waals surface area contributed by atoms with Crippen LogP contribution in [0, 0.1) is 0 Å². The van der Waals surface area contributed by atoms with E-state index in [0.29, 0.717) is 24.5 Å². The monoisotopic (exact) mass is 460 g/mol. The van der Waals surface area contributed by atoms with Crippen molar-refractivity contribution in [2.75, 3.05) is 26.9 Å². The van der Waals surface area contributed by atoms with Crippen molar-refractivity contribution in [3.63, 3.8) is 0 Å². The number of oxime groups is 2. The molecule has 1 aliphatic heterocycles. The normalized spacial score (nSPS) is 14.3. The molecule has 0 bridgehead atoms. The highest BCUT2D eigenvalue weighted by atomic mass is 35.6. The van der Waals surface area contributed by atoms with Gasteiger partial charge < -0.3 is 23.9 Å². The molecule has 0 unspecified atom stereocenters. The average molecular weight is 462 g/mol. The van der Waals surface area contributed by atoms with Gasteiger partial charge in [-0.3, -0.25) is 0 Å². The first-order valence-electron chi connectivity index (χ1n) is 8.20. The standard InChI is InChI=1S/C17H15Cl3N4O5/c1-25-23-14(15-24-28-9-8-26-15)11-4-2-3-5-12(11)29-16-21-7-6-13(22-16)27-10-17(18,19)20/h2-7H,8-10H2,1H3/b23-14+. The summed E-state index contributed by atoms with van der Waals surface area (Å²) in [6, 6.07) is 8.53. The minimum Gasteiger partial charge on any atom is -0.473 e. The third-order valence-corrected chi connectivity index (χ3v) is 3.61. The highest BCUT2D eigenvalue weighted by molar-refractivity contribution is 6.67. The van der Waals surface area contributed by atoms with Crippen LogP contribution in [0.4, 0.5) is 0 Å². The second-order valence-corrected chi connectivity index (χ2v) is 7.90. The summed E-state index contributed by atoms with van der Waals surface area (Å²) in [5, 5.41) is 7.86. The number of para-hydroxylation sites is 1. The minimum atomic E-state index is -1.58. The number of alkyl halides is 3. The third-order valence-electron chi connectivity index (χ3n) is 3.28. The molecule has 29 heavy (non-hydrogen) atoms. The van der Waals surface area contributed by atoms with Crippen LogP contribution in [0.5, 0.6) is 17.6 Å². The van der Waals surface area contributed by atoms with Crippen LogP contribution in [0.25, 0.3) is 0 Å². The molecule has 154 valence electrons. The molecule has 0 amide bonds. The smallest absolute Gasteiger partial charge is 0.325 e. The summed E-state index contributed by atoms with van der Waals surface area (Å²) in [7, 11) is 1.41. The number of aromatic nitrogens is 2. The Morgan fingerprint density at radius 1 is 1.21 bits per heavy atom. The lowest BCUT2D eigenvalue weighted by Gasteiger charge is -2.16. The second-order valence-electron chi connectivity index (χ2n) is 5.38. The maximum atomic E-state index is 5.81. The van der Waals surface area contributed by atoms with E-state index in [1.54, 1.807) is 24.3 Å². The van der Waals surface area contributed by atoms with E-state index in [1.165, 1.54) is 19.4 Å². The topological polar surface area (TPSA) is 96.7 Å². The number of ether oxygens (including phenoxy) is 3. The molecule has 0 atom stereocenters. The van der Waals surface area contributed by atoms with Gasteiger partial charge in [-0.1, -0.05) is 52.1 Å². The number of benzene rings is 1. The van der Waals surface area contributed by atoms with Crippen molar-refractivity contribution in [3.8, 4) is 17.6 Å². The summed E-state index contributed by atoms with van der Waals surface area (Å²) in [5.74, 6) is 0.714. The zero-order valence-corrected chi connectivity index (χ0v) is 17.3. The average Bonchev–Trinajstić information content (AvgIpc) is 2.72. The van der Waals surface area contributed by atoms with Crippen molar-refractivity contribution >= 4 is 46.4 Å². The van der Waals surface area contributed by atoms with Crippen molar-refractivity contribution in [1.29, 1.82) is 0 Å². The van der Waals surface area contributed by atoms with Crippen LogP contribution in [0.2, 0.25) is 0 Å². The van der Waals surface area contributed by atoms with E-state index in [1.807, 2.05) is 0 Å². The van der Waals surface area contributed by atoms with Crippen molar-refractivity contribution in [1.82, 2.24) is 9.97 Å². The molecule has 0 aliphatic carbocycles. The Kier molecular flexibility index (Phi) is 7.18. The van der Waals surface area contributed by atoms with E-state index < -0.39 is 3.79 Å². The molecule has 2 heterocycles. The van der Waals surface area contributed by atoms with Gasteiger partial charge >= 0.3 is 6.01 Å². The maximum absolute atomic E-state index is 5.81. The van der Waals surface area contributed by atoms with Crippen molar-refractivity contribution in [2.24, 2.45) is 10.3 Å². The summed E-state index contributed by atoms with van der Waals surface area (Å²) >= 11 is 17.1. The Balaban J connectivity index is 1.86. The first-order chi connectivity index (χ1) is 14.0. The van der Waals surface area contributed by atoms with Crippen LogP contribution in [-0.4, -0.2) is 52.3 Å². The third kappa shape index (κ3) is 6.25. The highest BCUT2D eigenvalue weighted by Crippen LogP contribution is 2.28. The first kappa shape index (κ1) is 21.2. The molecule has 0 radical (unpaired) electrons. The zero-order valence-electron chi connectivity index (χ0n) is 15.0. The molecule has 1 aromatic heterocycles. The molecule has 12 heteroatoms. The van der Waals surface area contributed by atoms with Crippen molar-refractivity contribution in [3.05, 3.63) is 42.1 Å². The summed E-state index contributed by atoms with van der Waals surface area (Å²) in [5.41, 5.74) is 0.807. The molecule has 0 N–H and O–H groups in total. The number of halogens is 3. The van der Waals surface area contributed by atoms with Gasteiger partial charge in [0, 0.05) is 12.3 Å². The number of nitrogens with zero attached hydrogens (tertiary/aromatic N) is 4. The van der Waals surface area contributed by atoms with Gasteiger partial charge in [0.2, 0.25) is 9.67 Å². The molecule has 0 saturated carbocycles. The zero-order chi connectivity index (χ0) is 20.7. The molecule has 0 fully saturated rings. The van der Waals surface area contributed by atoms with Gasteiger partial charge in [-0.05, 0) is 17.3 Å². The maximum Gasteiger partial charge on any atom is 0.325 e. The highest BCUT2D eigenvalue weighted by Gasteiger charge is 2.23. The van der Waals surface area contributed by atoms with Gasteiger partial charge in [-0.25, -0.2) is 4.98 Å². The quantitative estimate of drug-likeness (QED) is 0.352. The van der Waals surface area contributed by atoms with Crippen LogP contribution in [0.3, 0.4) is 0 Å². The lowest BCUT2D eigenvalue weighted by molar-refractivity contribution is 0.0672. The molecule has 0 spiro atoms. The molecular weight excluding hydrogens is 447 g/mol. The van der Waals surface area contributed by atoms with E-state index in [9.17, 15) is 0 Å². The van der Waals surface area contributed by atoms with Gasteiger partial charge in [-0.15, -0.1) is 0 Å². The Morgan fingerprint density at radius 3 is 2.76 bits per heavy atom. The predicted molar refractivity (Wildman–Crippen MR) is 107 cm³/mol. The summed E-state index contributed by atoms with van der Waals surface area (Å²) in [6.45, 7) is 0.486. The summed E-state index contributed by atoms with van der Waals surface area (Å²) < 4.78 is 15.1. The lowest BCUT2D eigenvalue weighted by Crippen LogP contribution is -2.25. The first-order valence-corrected chi connectivity index (χ1v) is 9.34. The van der Waals surface area contributed by atoms with Crippen LogP contribution in [0.15, 0.2) is 46.8 Å². The Labute approximate surface area is 181 Å². The lowest BCUT2D eigenvalue weighted by atomic mass is 10.1. The van der Waals surface area contributed by atoms with Crippen LogP contribution < -0.4 is 9.47 Å². The number of hydrogen-bond donors (Lipinski definition) is 0. The SMILES string of the molecule is CO/N=C(/C1=NOCCO1)c1ccccc1Oc1nccc(OCC(Cl)(Cl)Cl)n1. The van der Waals surface area contributed by atoms with Crippen molar-refractivity contribution < 1.29 is 23.9 Å². The van der Waals surface area contributed by atoms with Gasteiger partial charge in [0.05, 0.1) is 5.56 Å². The van der Waals surface area contributed by atoms with Gasteiger partial charge in [0.25, 0.3) is 5.90 Å². The van der Waals surface area contributed by atoms with Crippen LogP contribution in [-0.2, 0) is 14.4 Å². The molecule has 1 aliphatic rings. The second kappa shape index (κ2) is 9.82. The number of rotatable bonds is 7. The largest absolute Gasteiger partial charge is 0.473 e. The molecular formula is C17H15Cl3N4O5. The predicted octanol–water partition coefficient (Wildman–Crippen LogP) is 3.73. The molecule has 0 saturated heterocycles. The van der Waals surface area contributed by atoms with E-state index in [0.717, 1.165) is 0 Å². The fraction of sp³-hybridized carbons (Fsp3) is 0.294. The fourth-order valence-electron chi connectivity index (χ4n) is 2.17.